The van der Waals surface area contributed by atoms with Gasteiger partial charge in [-0.2, -0.15) is 9.97 Å². The van der Waals surface area contributed by atoms with Crippen molar-refractivity contribution in [2.45, 2.75) is 6.54 Å². The molecule has 0 saturated heterocycles. The highest BCUT2D eigenvalue weighted by atomic mass is 15.5. The number of hydrogen-bond acceptors (Lipinski definition) is 6. The van der Waals surface area contributed by atoms with E-state index >= 15 is 0 Å². The van der Waals surface area contributed by atoms with Crippen LogP contribution in [0, 0.1) is 0 Å². The summed E-state index contributed by atoms with van der Waals surface area (Å²) in [4.78, 5) is 10.3. The van der Waals surface area contributed by atoms with Gasteiger partial charge in [-0.1, -0.05) is 35.5 Å². The van der Waals surface area contributed by atoms with Crippen LogP contribution >= 0.6 is 0 Å². The molecule has 102 valence electrons. The van der Waals surface area contributed by atoms with Crippen molar-refractivity contribution in [1.82, 2.24) is 25.0 Å². The summed E-state index contributed by atoms with van der Waals surface area (Å²) in [5, 5.41) is 8.32. The van der Waals surface area contributed by atoms with E-state index in [2.05, 4.69) is 20.3 Å². The van der Waals surface area contributed by atoms with Gasteiger partial charge in [0.2, 0.25) is 5.95 Å². The first kappa shape index (κ1) is 12.3. The van der Waals surface area contributed by atoms with Crippen LogP contribution in [-0.2, 0) is 6.54 Å². The maximum atomic E-state index is 5.77. The summed E-state index contributed by atoms with van der Waals surface area (Å²) in [5.41, 5.74) is 8.19. The number of nitrogens with zero attached hydrogens (tertiary/aromatic N) is 6. The average molecular weight is 269 g/mol. The molecule has 0 unspecified atom stereocenters. The van der Waals surface area contributed by atoms with E-state index < -0.39 is 0 Å². The van der Waals surface area contributed by atoms with Crippen LogP contribution < -0.4 is 10.6 Å². The Labute approximate surface area is 116 Å². The lowest BCUT2D eigenvalue weighted by atomic mass is 10.2. The Morgan fingerprint density at radius 2 is 1.90 bits per heavy atom. The van der Waals surface area contributed by atoms with Crippen molar-refractivity contribution in [2.75, 3.05) is 24.7 Å². The minimum Gasteiger partial charge on any atom is -0.368 e. The van der Waals surface area contributed by atoms with E-state index in [4.69, 9.17) is 5.73 Å². The largest absolute Gasteiger partial charge is 0.368 e. The van der Waals surface area contributed by atoms with Crippen molar-refractivity contribution in [3.05, 3.63) is 35.9 Å². The van der Waals surface area contributed by atoms with Crippen molar-refractivity contribution in [2.24, 2.45) is 0 Å². The number of benzene rings is 1. The molecule has 0 aliphatic carbocycles. The fourth-order valence-corrected chi connectivity index (χ4v) is 2.03. The Kier molecular flexibility index (Phi) is 2.94. The normalized spacial score (nSPS) is 10.9. The second-order valence-electron chi connectivity index (χ2n) is 4.70. The summed E-state index contributed by atoms with van der Waals surface area (Å²) >= 11 is 0. The van der Waals surface area contributed by atoms with E-state index in [-0.39, 0.29) is 5.95 Å². The molecule has 3 rings (SSSR count). The predicted octanol–water partition coefficient (Wildman–Crippen LogP) is 0.918. The zero-order chi connectivity index (χ0) is 14.1. The summed E-state index contributed by atoms with van der Waals surface area (Å²) in [6.45, 7) is 0.598. The van der Waals surface area contributed by atoms with E-state index in [1.165, 1.54) is 0 Å². The van der Waals surface area contributed by atoms with Gasteiger partial charge in [-0.3, -0.25) is 0 Å². The predicted molar refractivity (Wildman–Crippen MR) is 77.4 cm³/mol. The molecule has 0 radical (unpaired) electrons. The zero-order valence-corrected chi connectivity index (χ0v) is 11.4. The Balaban J connectivity index is 2.09. The smallest absolute Gasteiger partial charge is 0.224 e. The minimum atomic E-state index is 0.220. The first-order valence-electron chi connectivity index (χ1n) is 6.23. The van der Waals surface area contributed by atoms with Gasteiger partial charge < -0.3 is 10.6 Å². The second-order valence-corrected chi connectivity index (χ2v) is 4.70. The number of aromatic nitrogens is 5. The van der Waals surface area contributed by atoms with Gasteiger partial charge in [0.05, 0.1) is 6.54 Å². The monoisotopic (exact) mass is 269 g/mol. The molecule has 0 saturated carbocycles. The van der Waals surface area contributed by atoms with Gasteiger partial charge in [-0.15, -0.1) is 5.10 Å². The van der Waals surface area contributed by atoms with Crippen LogP contribution in [0.4, 0.5) is 11.8 Å². The molecule has 2 heterocycles. The zero-order valence-electron chi connectivity index (χ0n) is 11.4. The number of rotatable bonds is 3. The molecule has 0 amide bonds. The molecule has 0 atom stereocenters. The van der Waals surface area contributed by atoms with Crippen molar-refractivity contribution >= 4 is 22.9 Å². The van der Waals surface area contributed by atoms with Crippen molar-refractivity contribution < 1.29 is 0 Å². The van der Waals surface area contributed by atoms with Crippen molar-refractivity contribution in [1.29, 1.82) is 0 Å². The Bertz CT molecular complexity index is 733. The third-order valence-corrected chi connectivity index (χ3v) is 2.96. The SMILES string of the molecule is CN(C)c1nc(N)nc2c1nnn2Cc1ccccc1. The van der Waals surface area contributed by atoms with E-state index in [0.717, 1.165) is 5.56 Å². The quantitative estimate of drug-likeness (QED) is 0.761. The molecular formula is C13H15N7. The molecule has 2 N–H and O–H groups in total. The lowest BCUT2D eigenvalue weighted by molar-refractivity contribution is 0.664. The van der Waals surface area contributed by atoms with Gasteiger partial charge in [0, 0.05) is 14.1 Å². The molecule has 0 fully saturated rings. The van der Waals surface area contributed by atoms with Crippen LogP contribution in [-0.4, -0.2) is 39.1 Å². The molecule has 0 aliphatic heterocycles. The van der Waals surface area contributed by atoms with Crippen LogP contribution in [0.25, 0.3) is 11.2 Å². The van der Waals surface area contributed by atoms with E-state index in [0.29, 0.717) is 23.5 Å². The molecule has 0 spiro atoms. The van der Waals surface area contributed by atoms with E-state index in [1.807, 2.05) is 49.3 Å². The molecule has 1 aromatic carbocycles. The molecular weight excluding hydrogens is 254 g/mol. The number of nitrogen functional groups attached to an aromatic ring is 1. The fourth-order valence-electron chi connectivity index (χ4n) is 2.03. The van der Waals surface area contributed by atoms with E-state index in [1.54, 1.807) is 4.68 Å². The first-order chi connectivity index (χ1) is 9.65. The molecule has 0 aliphatic rings. The Morgan fingerprint density at radius 3 is 2.60 bits per heavy atom. The number of fused-ring (bicyclic) bond motifs is 1. The van der Waals surface area contributed by atoms with E-state index in [9.17, 15) is 0 Å². The lowest BCUT2D eigenvalue weighted by Crippen LogP contribution is -2.13. The molecule has 0 bridgehead atoms. The summed E-state index contributed by atoms with van der Waals surface area (Å²) in [6.07, 6.45) is 0. The Morgan fingerprint density at radius 1 is 1.15 bits per heavy atom. The second kappa shape index (κ2) is 4.76. The summed E-state index contributed by atoms with van der Waals surface area (Å²) < 4.78 is 1.73. The standard InChI is InChI=1S/C13H15N7/c1-19(2)11-10-12(16-13(14)15-11)20(18-17-10)8-9-6-4-3-5-7-9/h3-7H,8H2,1-2H3,(H2,14,15,16). The highest BCUT2D eigenvalue weighted by Crippen LogP contribution is 2.21. The summed E-state index contributed by atoms with van der Waals surface area (Å²) in [6, 6.07) is 10.0. The number of hydrogen-bond donors (Lipinski definition) is 1. The van der Waals surface area contributed by atoms with Crippen LogP contribution in [0.15, 0.2) is 30.3 Å². The molecule has 2 aromatic heterocycles. The van der Waals surface area contributed by atoms with Crippen LogP contribution in [0.2, 0.25) is 0 Å². The summed E-state index contributed by atoms with van der Waals surface area (Å²) in [5.74, 6) is 0.893. The molecule has 3 aromatic rings. The maximum Gasteiger partial charge on any atom is 0.224 e. The van der Waals surface area contributed by atoms with Gasteiger partial charge in [0.1, 0.15) is 0 Å². The van der Waals surface area contributed by atoms with Crippen molar-refractivity contribution in [3.63, 3.8) is 0 Å². The van der Waals surface area contributed by atoms with Gasteiger partial charge >= 0.3 is 0 Å². The van der Waals surface area contributed by atoms with Crippen LogP contribution in [0.5, 0.6) is 0 Å². The van der Waals surface area contributed by atoms with Gasteiger partial charge in [0.15, 0.2) is 17.0 Å². The third-order valence-electron chi connectivity index (χ3n) is 2.96. The van der Waals surface area contributed by atoms with Crippen LogP contribution in [0.1, 0.15) is 5.56 Å². The highest BCUT2D eigenvalue weighted by Gasteiger charge is 2.15. The average Bonchev–Trinajstić information content (AvgIpc) is 2.82. The lowest BCUT2D eigenvalue weighted by Gasteiger charge is -2.11. The molecule has 20 heavy (non-hydrogen) atoms. The third kappa shape index (κ3) is 2.13. The fraction of sp³-hybridized carbons (Fsp3) is 0.231. The minimum absolute atomic E-state index is 0.220. The van der Waals surface area contributed by atoms with Gasteiger partial charge in [0.25, 0.3) is 0 Å². The highest BCUT2D eigenvalue weighted by molar-refractivity contribution is 5.83. The molecule has 7 heteroatoms. The first-order valence-corrected chi connectivity index (χ1v) is 6.23. The topological polar surface area (TPSA) is 85.8 Å². The number of anilines is 2. The maximum absolute atomic E-state index is 5.77. The van der Waals surface area contributed by atoms with Gasteiger partial charge in [-0.05, 0) is 5.56 Å². The Hall–Kier alpha value is -2.70. The van der Waals surface area contributed by atoms with Gasteiger partial charge in [-0.25, -0.2) is 4.68 Å². The molecule has 7 nitrogen and oxygen atoms in total. The summed E-state index contributed by atoms with van der Waals surface area (Å²) in [7, 11) is 3.77. The number of nitrogens with two attached hydrogens (primary N) is 1. The van der Waals surface area contributed by atoms with Crippen molar-refractivity contribution in [3.8, 4) is 0 Å². The van der Waals surface area contributed by atoms with Crippen LogP contribution in [0.3, 0.4) is 0 Å².